The van der Waals surface area contributed by atoms with Crippen molar-refractivity contribution in [2.75, 3.05) is 6.61 Å². The van der Waals surface area contributed by atoms with E-state index in [2.05, 4.69) is 0 Å². The van der Waals surface area contributed by atoms with Crippen molar-refractivity contribution in [2.24, 2.45) is 0 Å². The summed E-state index contributed by atoms with van der Waals surface area (Å²) in [4.78, 5) is 0. The van der Waals surface area contributed by atoms with Crippen molar-refractivity contribution in [3.05, 3.63) is 24.5 Å². The van der Waals surface area contributed by atoms with Crippen LogP contribution in [0.2, 0.25) is 0 Å². The largest absolute Gasteiger partial charge is 0.497 e. The van der Waals surface area contributed by atoms with Crippen LogP contribution in [0.4, 0.5) is 4.70 Å². The van der Waals surface area contributed by atoms with Gasteiger partial charge in [0.2, 0.25) is 0 Å². The van der Waals surface area contributed by atoms with E-state index < -0.39 is 0 Å². The van der Waals surface area contributed by atoms with Crippen LogP contribution in [0, 0.1) is 0 Å². The fraction of sp³-hybridized carbons (Fsp3) is 0.200. The number of hydrogen-bond donors (Lipinski definition) is 0. The lowest BCUT2D eigenvalue weighted by molar-refractivity contribution is 0.286. The van der Waals surface area contributed by atoms with Crippen LogP contribution in [-0.2, 0) is 4.74 Å². The molecule has 0 N–H and O–H groups in total. The zero-order valence-electron chi connectivity index (χ0n) is 3.83. The average molecular weight is 102 g/mol. The highest BCUT2D eigenvalue weighted by Crippen LogP contribution is 1.87. The molecule has 0 unspecified atom stereocenters. The Balaban J connectivity index is 0.000000360. The predicted molar refractivity (Wildman–Crippen MR) is 26.7 cm³/mol. The molecule has 0 saturated heterocycles. The van der Waals surface area contributed by atoms with Gasteiger partial charge in [-0.3, -0.25) is 4.70 Å². The van der Waals surface area contributed by atoms with Crippen molar-refractivity contribution >= 4 is 0 Å². The third-order valence-electron chi connectivity index (χ3n) is 0.614. The van der Waals surface area contributed by atoms with Gasteiger partial charge in [0.05, 0.1) is 6.26 Å². The first-order valence-electron chi connectivity index (χ1n) is 1.93. The number of hydrogen-bond acceptors (Lipinski definition) is 1. The lowest BCUT2D eigenvalue weighted by Gasteiger charge is -1.94. The quantitative estimate of drug-likeness (QED) is 0.447. The Labute approximate surface area is 41.7 Å². The highest BCUT2D eigenvalue weighted by Gasteiger charge is 1.75. The minimum absolute atomic E-state index is 0. The van der Waals surface area contributed by atoms with E-state index in [0.29, 0.717) is 0 Å². The Morgan fingerprint density at radius 1 is 1.29 bits per heavy atom. The summed E-state index contributed by atoms with van der Waals surface area (Å²) in [6.45, 7) is 0.733. The maximum absolute atomic E-state index is 4.80. The van der Waals surface area contributed by atoms with E-state index in [9.17, 15) is 0 Å². The van der Waals surface area contributed by atoms with Crippen molar-refractivity contribution < 1.29 is 9.44 Å². The zero-order chi connectivity index (χ0) is 4.24. The zero-order valence-corrected chi connectivity index (χ0v) is 3.83. The summed E-state index contributed by atoms with van der Waals surface area (Å²) in [5.41, 5.74) is 0. The molecule has 1 aliphatic heterocycles. The lowest BCUT2D eigenvalue weighted by atomic mass is 10.5. The first-order chi connectivity index (χ1) is 3.00. The number of halogens is 1. The van der Waals surface area contributed by atoms with Crippen molar-refractivity contribution in [3.63, 3.8) is 0 Å². The van der Waals surface area contributed by atoms with Gasteiger partial charge >= 0.3 is 0 Å². The maximum Gasteiger partial charge on any atom is 0.106 e. The molecule has 0 aromatic heterocycles. The van der Waals surface area contributed by atoms with Crippen LogP contribution in [0.15, 0.2) is 24.5 Å². The molecule has 1 rings (SSSR count). The van der Waals surface area contributed by atoms with Crippen LogP contribution < -0.4 is 0 Å². The molecule has 1 heterocycles. The molecule has 0 fully saturated rings. The fourth-order valence-corrected chi connectivity index (χ4v) is 0.346. The van der Waals surface area contributed by atoms with Crippen LogP contribution >= 0.6 is 0 Å². The molecular weight excluding hydrogens is 95.1 g/mol. The molecular formula is C5H7FO. The second kappa shape index (κ2) is 3.40. The van der Waals surface area contributed by atoms with Crippen LogP contribution in [-0.4, -0.2) is 6.61 Å². The summed E-state index contributed by atoms with van der Waals surface area (Å²) in [6.07, 6.45) is 7.47. The van der Waals surface area contributed by atoms with E-state index in [1.807, 2.05) is 18.2 Å². The van der Waals surface area contributed by atoms with E-state index in [4.69, 9.17) is 4.74 Å². The molecule has 1 aliphatic rings. The summed E-state index contributed by atoms with van der Waals surface area (Å²) >= 11 is 0. The van der Waals surface area contributed by atoms with E-state index in [0.717, 1.165) is 6.61 Å². The Morgan fingerprint density at radius 2 is 2.14 bits per heavy atom. The van der Waals surface area contributed by atoms with E-state index in [-0.39, 0.29) is 4.70 Å². The van der Waals surface area contributed by atoms with Crippen molar-refractivity contribution in [1.82, 2.24) is 0 Å². The summed E-state index contributed by atoms with van der Waals surface area (Å²) in [6, 6.07) is 0. The third-order valence-corrected chi connectivity index (χ3v) is 0.614. The highest BCUT2D eigenvalue weighted by molar-refractivity contribution is 5.02. The monoisotopic (exact) mass is 102 g/mol. The Hall–Kier alpha value is -0.790. The standard InChI is InChI=1S/C5H6O.FH/c1-2-4-6-5-3-1;/h1-4H,5H2;1H. The van der Waals surface area contributed by atoms with Crippen LogP contribution in [0.5, 0.6) is 0 Å². The molecule has 0 atom stereocenters. The number of rotatable bonds is 0. The molecule has 0 saturated carbocycles. The topological polar surface area (TPSA) is 9.23 Å². The van der Waals surface area contributed by atoms with Crippen molar-refractivity contribution in [1.29, 1.82) is 0 Å². The number of ether oxygens (including phenoxy) is 1. The summed E-state index contributed by atoms with van der Waals surface area (Å²) < 4.78 is 4.80. The van der Waals surface area contributed by atoms with Gasteiger partial charge in [-0.25, -0.2) is 0 Å². The molecule has 0 radical (unpaired) electrons. The second-order valence-corrected chi connectivity index (χ2v) is 1.09. The molecule has 0 aliphatic carbocycles. The van der Waals surface area contributed by atoms with Gasteiger partial charge in [-0.05, 0) is 12.2 Å². The van der Waals surface area contributed by atoms with Gasteiger partial charge in [0, 0.05) is 0 Å². The van der Waals surface area contributed by atoms with Gasteiger partial charge in [-0.15, -0.1) is 0 Å². The molecule has 0 bridgehead atoms. The maximum atomic E-state index is 4.80. The molecule has 0 amide bonds. The Bertz CT molecular complexity index is 74.1. The van der Waals surface area contributed by atoms with Gasteiger partial charge in [0.15, 0.2) is 0 Å². The van der Waals surface area contributed by atoms with Gasteiger partial charge < -0.3 is 4.74 Å². The van der Waals surface area contributed by atoms with E-state index in [1.165, 1.54) is 0 Å². The van der Waals surface area contributed by atoms with Gasteiger partial charge in [0.1, 0.15) is 6.61 Å². The summed E-state index contributed by atoms with van der Waals surface area (Å²) in [5.74, 6) is 0. The minimum atomic E-state index is 0. The average Bonchev–Trinajstić information content (AvgIpc) is 1.72. The summed E-state index contributed by atoms with van der Waals surface area (Å²) in [5, 5.41) is 0. The van der Waals surface area contributed by atoms with E-state index in [1.54, 1.807) is 6.26 Å². The number of allylic oxidation sites excluding steroid dienone is 2. The Morgan fingerprint density at radius 3 is 2.29 bits per heavy atom. The molecule has 7 heavy (non-hydrogen) atoms. The van der Waals surface area contributed by atoms with Gasteiger partial charge in [0.25, 0.3) is 0 Å². The normalized spacial score (nSPS) is 14.9. The predicted octanol–water partition coefficient (Wildman–Crippen LogP) is 1.24. The van der Waals surface area contributed by atoms with Gasteiger partial charge in [-0.1, -0.05) is 6.08 Å². The van der Waals surface area contributed by atoms with Crippen LogP contribution in [0.1, 0.15) is 0 Å². The SMILES string of the molecule is C1=CCOC=C1.F. The second-order valence-electron chi connectivity index (χ2n) is 1.09. The first-order valence-corrected chi connectivity index (χ1v) is 1.93. The summed E-state index contributed by atoms with van der Waals surface area (Å²) in [7, 11) is 0. The molecule has 0 aromatic carbocycles. The minimum Gasteiger partial charge on any atom is -0.497 e. The molecule has 2 heteroatoms. The smallest absolute Gasteiger partial charge is 0.106 e. The van der Waals surface area contributed by atoms with Crippen molar-refractivity contribution in [2.45, 2.75) is 0 Å². The fourth-order valence-electron chi connectivity index (χ4n) is 0.346. The van der Waals surface area contributed by atoms with Crippen LogP contribution in [0.25, 0.3) is 0 Å². The molecule has 1 nitrogen and oxygen atoms in total. The third kappa shape index (κ3) is 1.98. The highest BCUT2D eigenvalue weighted by atomic mass is 19.0. The Kier molecular flexibility index (Phi) is 3.02. The molecule has 0 aromatic rings. The van der Waals surface area contributed by atoms with Crippen molar-refractivity contribution in [3.8, 4) is 0 Å². The van der Waals surface area contributed by atoms with Crippen LogP contribution in [0.3, 0.4) is 0 Å². The molecule has 40 valence electrons. The first kappa shape index (κ1) is 6.21. The van der Waals surface area contributed by atoms with E-state index >= 15 is 0 Å². The molecule has 0 spiro atoms. The van der Waals surface area contributed by atoms with Gasteiger partial charge in [-0.2, -0.15) is 0 Å². The lowest BCUT2D eigenvalue weighted by Crippen LogP contribution is -1.82.